The molecular weight excluding hydrogens is 252 g/mol. The number of hydrogen-bond acceptors (Lipinski definition) is 3. The molecule has 0 saturated heterocycles. The average Bonchev–Trinajstić information content (AvgIpc) is 3.19. The van der Waals surface area contributed by atoms with Crippen molar-refractivity contribution in [2.24, 2.45) is 5.92 Å². The van der Waals surface area contributed by atoms with Crippen LogP contribution in [0.25, 0.3) is 16.7 Å². The van der Waals surface area contributed by atoms with Crippen LogP contribution in [0.15, 0.2) is 47.7 Å². The molecule has 1 fully saturated rings. The number of fused-ring (bicyclic) bond motifs is 1. The maximum absolute atomic E-state index is 12.4. The summed E-state index contributed by atoms with van der Waals surface area (Å²) in [6.07, 6.45) is 5.69. The van der Waals surface area contributed by atoms with Gasteiger partial charge >= 0.3 is 0 Å². The first-order chi connectivity index (χ1) is 9.83. The van der Waals surface area contributed by atoms with Gasteiger partial charge in [-0.3, -0.25) is 9.36 Å². The van der Waals surface area contributed by atoms with Crippen LogP contribution in [0, 0.1) is 5.92 Å². The topological polar surface area (TPSA) is 52.7 Å². The molecule has 0 bridgehead atoms. The van der Waals surface area contributed by atoms with Crippen molar-refractivity contribution in [3.05, 3.63) is 53.2 Å². The average molecular weight is 266 g/mol. The summed E-state index contributed by atoms with van der Waals surface area (Å²) in [6, 6.07) is 9.73. The third-order valence-electron chi connectivity index (χ3n) is 3.71. The lowest BCUT2D eigenvalue weighted by Gasteiger charge is -2.05. The Kier molecular flexibility index (Phi) is 2.45. The second kappa shape index (κ2) is 4.30. The summed E-state index contributed by atoms with van der Waals surface area (Å²) in [6.45, 7) is 0.776. The van der Waals surface area contributed by atoms with E-state index in [1.165, 1.54) is 12.8 Å². The van der Waals surface area contributed by atoms with Crippen LogP contribution in [0.5, 0.6) is 0 Å². The van der Waals surface area contributed by atoms with Crippen LogP contribution in [0.4, 0.5) is 0 Å². The number of nitrogens with zero attached hydrogens (tertiary/aromatic N) is 4. The van der Waals surface area contributed by atoms with Gasteiger partial charge in [0.25, 0.3) is 5.56 Å². The number of aromatic nitrogens is 4. The standard InChI is InChI=1S/C15H14N4O/c20-15-13-8-17-19(12-4-2-1-3-5-12)14(13)16-10-18(15)9-11-6-7-11/h1-5,8,10-11H,6-7,9H2. The third-order valence-corrected chi connectivity index (χ3v) is 3.71. The lowest BCUT2D eigenvalue weighted by molar-refractivity contribution is 0.601. The lowest BCUT2D eigenvalue weighted by atomic mass is 10.3. The first-order valence-corrected chi connectivity index (χ1v) is 6.81. The van der Waals surface area contributed by atoms with E-state index in [-0.39, 0.29) is 5.56 Å². The summed E-state index contributed by atoms with van der Waals surface area (Å²) in [5, 5.41) is 4.88. The Balaban J connectivity index is 1.86. The molecule has 4 rings (SSSR count). The number of para-hydroxylation sites is 1. The zero-order chi connectivity index (χ0) is 13.5. The highest BCUT2D eigenvalue weighted by Crippen LogP contribution is 2.30. The first kappa shape index (κ1) is 11.4. The van der Waals surface area contributed by atoms with Gasteiger partial charge < -0.3 is 0 Å². The maximum Gasteiger partial charge on any atom is 0.264 e. The fourth-order valence-corrected chi connectivity index (χ4v) is 2.42. The van der Waals surface area contributed by atoms with Gasteiger partial charge in [-0.15, -0.1) is 0 Å². The number of benzene rings is 1. The van der Waals surface area contributed by atoms with E-state index in [1.807, 2.05) is 30.3 Å². The Morgan fingerprint density at radius 3 is 2.75 bits per heavy atom. The van der Waals surface area contributed by atoms with E-state index < -0.39 is 0 Å². The summed E-state index contributed by atoms with van der Waals surface area (Å²) in [5.74, 6) is 0.649. The Hall–Kier alpha value is -2.43. The van der Waals surface area contributed by atoms with Crippen molar-refractivity contribution in [2.75, 3.05) is 0 Å². The zero-order valence-electron chi connectivity index (χ0n) is 10.9. The molecule has 0 radical (unpaired) electrons. The van der Waals surface area contributed by atoms with E-state index in [9.17, 15) is 4.79 Å². The quantitative estimate of drug-likeness (QED) is 0.728. The molecule has 3 aromatic rings. The minimum atomic E-state index is 0.00378. The van der Waals surface area contributed by atoms with Gasteiger partial charge in [-0.1, -0.05) is 18.2 Å². The number of hydrogen-bond donors (Lipinski definition) is 0. The predicted molar refractivity (Wildman–Crippen MR) is 75.8 cm³/mol. The van der Waals surface area contributed by atoms with Gasteiger partial charge in [0.15, 0.2) is 5.65 Å². The molecule has 5 nitrogen and oxygen atoms in total. The summed E-state index contributed by atoms with van der Waals surface area (Å²) in [5.41, 5.74) is 1.53. The molecule has 1 aromatic carbocycles. The van der Waals surface area contributed by atoms with E-state index in [0.717, 1.165) is 12.2 Å². The second-order valence-corrected chi connectivity index (χ2v) is 5.27. The molecule has 0 amide bonds. The van der Waals surface area contributed by atoms with E-state index in [2.05, 4.69) is 10.1 Å². The van der Waals surface area contributed by atoms with Crippen LogP contribution < -0.4 is 5.56 Å². The molecule has 1 saturated carbocycles. The van der Waals surface area contributed by atoms with Crippen LogP contribution in [0.1, 0.15) is 12.8 Å². The van der Waals surface area contributed by atoms with Crippen molar-refractivity contribution in [1.29, 1.82) is 0 Å². The molecule has 0 spiro atoms. The lowest BCUT2D eigenvalue weighted by Crippen LogP contribution is -2.21. The van der Waals surface area contributed by atoms with Crippen LogP contribution in [-0.2, 0) is 6.54 Å². The predicted octanol–water partition coefficient (Wildman–Crippen LogP) is 1.99. The van der Waals surface area contributed by atoms with Crippen molar-refractivity contribution < 1.29 is 0 Å². The highest BCUT2D eigenvalue weighted by atomic mass is 16.1. The molecule has 100 valence electrons. The smallest absolute Gasteiger partial charge is 0.264 e. The van der Waals surface area contributed by atoms with Gasteiger partial charge in [0.2, 0.25) is 0 Å². The molecule has 2 heterocycles. The van der Waals surface area contributed by atoms with Gasteiger partial charge in [-0.05, 0) is 30.9 Å². The molecule has 20 heavy (non-hydrogen) atoms. The zero-order valence-corrected chi connectivity index (χ0v) is 10.9. The monoisotopic (exact) mass is 266 g/mol. The molecule has 5 heteroatoms. The Bertz CT molecular complexity index is 815. The fraction of sp³-hybridized carbons (Fsp3) is 0.267. The van der Waals surface area contributed by atoms with Crippen molar-refractivity contribution in [3.63, 3.8) is 0 Å². The van der Waals surface area contributed by atoms with Gasteiger partial charge in [0.1, 0.15) is 5.39 Å². The largest absolute Gasteiger partial charge is 0.298 e. The Morgan fingerprint density at radius 1 is 1.20 bits per heavy atom. The van der Waals surface area contributed by atoms with Crippen molar-refractivity contribution in [2.45, 2.75) is 19.4 Å². The fourth-order valence-electron chi connectivity index (χ4n) is 2.42. The summed E-state index contributed by atoms with van der Waals surface area (Å²) in [4.78, 5) is 16.8. The molecule has 0 atom stereocenters. The van der Waals surface area contributed by atoms with Crippen molar-refractivity contribution in [1.82, 2.24) is 19.3 Å². The van der Waals surface area contributed by atoms with Crippen molar-refractivity contribution in [3.8, 4) is 5.69 Å². The van der Waals surface area contributed by atoms with Crippen LogP contribution in [0.2, 0.25) is 0 Å². The molecule has 1 aliphatic carbocycles. The van der Waals surface area contributed by atoms with Crippen molar-refractivity contribution >= 4 is 11.0 Å². The SMILES string of the molecule is O=c1c2cnn(-c3ccccc3)c2ncn1CC1CC1. The van der Waals surface area contributed by atoms with E-state index in [4.69, 9.17) is 0 Å². The highest BCUT2D eigenvalue weighted by molar-refractivity contribution is 5.74. The third kappa shape index (κ3) is 1.82. The summed E-state index contributed by atoms with van der Waals surface area (Å²) >= 11 is 0. The highest BCUT2D eigenvalue weighted by Gasteiger charge is 2.23. The minimum absolute atomic E-state index is 0.00378. The minimum Gasteiger partial charge on any atom is -0.298 e. The molecule has 1 aliphatic rings. The first-order valence-electron chi connectivity index (χ1n) is 6.81. The maximum atomic E-state index is 12.4. The van der Waals surface area contributed by atoms with Crippen LogP contribution in [0.3, 0.4) is 0 Å². The van der Waals surface area contributed by atoms with Gasteiger partial charge in [-0.2, -0.15) is 5.10 Å². The number of rotatable bonds is 3. The molecule has 0 N–H and O–H groups in total. The molecule has 0 aliphatic heterocycles. The Labute approximate surface area is 115 Å². The van der Waals surface area contributed by atoms with E-state index >= 15 is 0 Å². The molecule has 0 unspecified atom stereocenters. The van der Waals surface area contributed by atoms with Gasteiger partial charge in [0.05, 0.1) is 18.2 Å². The van der Waals surface area contributed by atoms with Gasteiger partial charge in [-0.25, -0.2) is 9.67 Å². The van der Waals surface area contributed by atoms with Crippen LogP contribution >= 0.6 is 0 Å². The van der Waals surface area contributed by atoms with Gasteiger partial charge in [0, 0.05) is 6.54 Å². The van der Waals surface area contributed by atoms with Crippen LogP contribution in [-0.4, -0.2) is 19.3 Å². The summed E-state index contributed by atoms with van der Waals surface area (Å²) < 4.78 is 3.41. The normalized spacial score (nSPS) is 14.8. The van der Waals surface area contributed by atoms with E-state index in [0.29, 0.717) is 17.0 Å². The molecular formula is C15H14N4O. The Morgan fingerprint density at radius 2 is 2.00 bits per heavy atom. The molecule has 2 aromatic heterocycles. The van der Waals surface area contributed by atoms with E-state index in [1.54, 1.807) is 21.8 Å². The second-order valence-electron chi connectivity index (χ2n) is 5.27. The summed E-state index contributed by atoms with van der Waals surface area (Å²) in [7, 11) is 0.